The summed E-state index contributed by atoms with van der Waals surface area (Å²) in [6, 6.07) is 9.46. The molecule has 1 saturated heterocycles. The standard InChI is InChI=1S/C11H10ClNO2/c12-10(14)9-8(6-13-11(9)15)7-4-2-1-3-5-7/h1-5,8-9H,6H2,(H,13,15). The van der Waals surface area contributed by atoms with E-state index in [9.17, 15) is 9.59 Å². The van der Waals surface area contributed by atoms with Crippen molar-refractivity contribution in [3.63, 3.8) is 0 Å². The molecule has 15 heavy (non-hydrogen) atoms. The van der Waals surface area contributed by atoms with Crippen LogP contribution in [0.5, 0.6) is 0 Å². The molecule has 1 aliphatic heterocycles. The Morgan fingerprint density at radius 3 is 2.60 bits per heavy atom. The van der Waals surface area contributed by atoms with Crippen LogP contribution < -0.4 is 5.32 Å². The molecule has 1 heterocycles. The monoisotopic (exact) mass is 223 g/mol. The molecule has 2 rings (SSSR count). The summed E-state index contributed by atoms with van der Waals surface area (Å²) in [7, 11) is 0. The number of halogens is 1. The van der Waals surface area contributed by atoms with E-state index in [2.05, 4.69) is 5.32 Å². The van der Waals surface area contributed by atoms with Gasteiger partial charge < -0.3 is 5.32 Å². The number of hydrogen-bond acceptors (Lipinski definition) is 2. The normalized spacial score (nSPS) is 25.0. The Hall–Kier alpha value is -1.35. The quantitative estimate of drug-likeness (QED) is 0.607. The fourth-order valence-corrected chi connectivity index (χ4v) is 2.14. The van der Waals surface area contributed by atoms with Crippen molar-refractivity contribution in [3.05, 3.63) is 35.9 Å². The smallest absolute Gasteiger partial charge is 0.234 e. The average molecular weight is 224 g/mol. The van der Waals surface area contributed by atoms with E-state index in [-0.39, 0.29) is 11.8 Å². The van der Waals surface area contributed by atoms with Crippen LogP contribution in [0, 0.1) is 5.92 Å². The molecule has 2 unspecified atom stereocenters. The number of carbonyl (C=O) groups excluding carboxylic acids is 2. The van der Waals surface area contributed by atoms with Crippen LogP contribution in [0.15, 0.2) is 30.3 Å². The van der Waals surface area contributed by atoms with Crippen LogP contribution in [0.25, 0.3) is 0 Å². The van der Waals surface area contributed by atoms with Crippen molar-refractivity contribution >= 4 is 22.8 Å². The maximum absolute atomic E-state index is 11.4. The Morgan fingerprint density at radius 1 is 1.33 bits per heavy atom. The molecule has 4 heteroatoms. The summed E-state index contributed by atoms with van der Waals surface area (Å²) in [5, 5.41) is 2.07. The van der Waals surface area contributed by atoms with Gasteiger partial charge in [0.15, 0.2) is 0 Å². The van der Waals surface area contributed by atoms with Crippen molar-refractivity contribution in [1.82, 2.24) is 5.32 Å². The summed E-state index contributed by atoms with van der Waals surface area (Å²) in [5.41, 5.74) is 0.967. The van der Waals surface area contributed by atoms with Crippen LogP contribution in [0.2, 0.25) is 0 Å². The molecule has 1 N–H and O–H groups in total. The van der Waals surface area contributed by atoms with Gasteiger partial charge in [-0.1, -0.05) is 30.3 Å². The van der Waals surface area contributed by atoms with Gasteiger partial charge in [0.05, 0.1) is 0 Å². The highest BCUT2D eigenvalue weighted by Gasteiger charge is 2.39. The highest BCUT2D eigenvalue weighted by molar-refractivity contribution is 6.65. The van der Waals surface area contributed by atoms with Gasteiger partial charge in [-0.25, -0.2) is 0 Å². The van der Waals surface area contributed by atoms with Gasteiger partial charge in [-0.15, -0.1) is 0 Å². The molecule has 0 radical (unpaired) electrons. The first kappa shape index (κ1) is 10.2. The van der Waals surface area contributed by atoms with Crippen molar-refractivity contribution in [2.24, 2.45) is 5.92 Å². The van der Waals surface area contributed by atoms with E-state index in [4.69, 9.17) is 11.6 Å². The van der Waals surface area contributed by atoms with Gasteiger partial charge in [-0.2, -0.15) is 0 Å². The molecule has 1 amide bonds. The van der Waals surface area contributed by atoms with Crippen molar-refractivity contribution in [2.75, 3.05) is 6.54 Å². The molecule has 0 bridgehead atoms. The van der Waals surface area contributed by atoms with E-state index in [1.807, 2.05) is 30.3 Å². The zero-order valence-corrected chi connectivity index (χ0v) is 8.70. The molecular weight excluding hydrogens is 214 g/mol. The number of carbonyl (C=O) groups is 2. The number of nitrogens with one attached hydrogen (secondary N) is 1. The van der Waals surface area contributed by atoms with E-state index in [1.165, 1.54) is 0 Å². The molecule has 0 aromatic heterocycles. The van der Waals surface area contributed by atoms with E-state index in [0.717, 1.165) is 5.56 Å². The predicted octanol–water partition coefficient (Wildman–Crippen LogP) is 1.28. The Kier molecular flexibility index (Phi) is 2.73. The summed E-state index contributed by atoms with van der Waals surface area (Å²) in [6.45, 7) is 0.478. The second-order valence-corrected chi connectivity index (χ2v) is 3.92. The predicted molar refractivity (Wildman–Crippen MR) is 56.5 cm³/mol. The summed E-state index contributed by atoms with van der Waals surface area (Å²) in [6.07, 6.45) is 0. The van der Waals surface area contributed by atoms with Gasteiger partial charge in [-0.3, -0.25) is 9.59 Å². The van der Waals surface area contributed by atoms with Crippen LogP contribution in [-0.2, 0) is 9.59 Å². The van der Waals surface area contributed by atoms with Crippen molar-refractivity contribution in [1.29, 1.82) is 0 Å². The second kappa shape index (κ2) is 4.03. The zero-order chi connectivity index (χ0) is 10.8. The number of hydrogen-bond donors (Lipinski definition) is 1. The van der Waals surface area contributed by atoms with E-state index < -0.39 is 11.2 Å². The van der Waals surface area contributed by atoms with Gasteiger partial charge in [-0.05, 0) is 17.2 Å². The molecule has 0 saturated carbocycles. The minimum absolute atomic E-state index is 0.135. The van der Waals surface area contributed by atoms with Crippen molar-refractivity contribution < 1.29 is 9.59 Å². The van der Waals surface area contributed by atoms with E-state index >= 15 is 0 Å². The maximum atomic E-state index is 11.4. The molecule has 78 valence electrons. The minimum Gasteiger partial charge on any atom is -0.355 e. The molecule has 0 aliphatic carbocycles. The lowest BCUT2D eigenvalue weighted by atomic mass is 9.89. The fraction of sp³-hybridized carbons (Fsp3) is 0.273. The highest BCUT2D eigenvalue weighted by atomic mass is 35.5. The summed E-state index contributed by atoms with van der Waals surface area (Å²) < 4.78 is 0. The van der Waals surface area contributed by atoms with E-state index in [1.54, 1.807) is 0 Å². The third-order valence-corrected chi connectivity index (χ3v) is 2.89. The third kappa shape index (κ3) is 1.88. The van der Waals surface area contributed by atoms with Gasteiger partial charge in [0.1, 0.15) is 5.92 Å². The molecule has 1 fully saturated rings. The Bertz CT molecular complexity index is 391. The number of amides is 1. The first-order chi connectivity index (χ1) is 7.20. The van der Waals surface area contributed by atoms with Crippen molar-refractivity contribution in [3.8, 4) is 0 Å². The van der Waals surface area contributed by atoms with Crippen LogP contribution >= 0.6 is 11.6 Å². The minimum atomic E-state index is -0.742. The average Bonchev–Trinajstić information content (AvgIpc) is 2.61. The molecular formula is C11H10ClNO2. The maximum Gasteiger partial charge on any atom is 0.234 e. The Balaban J connectivity index is 2.30. The van der Waals surface area contributed by atoms with Gasteiger partial charge >= 0.3 is 0 Å². The molecule has 0 spiro atoms. The Labute approximate surface area is 92.4 Å². The zero-order valence-electron chi connectivity index (χ0n) is 7.94. The lowest BCUT2D eigenvalue weighted by Crippen LogP contribution is -2.24. The van der Waals surface area contributed by atoms with E-state index in [0.29, 0.717) is 6.54 Å². The van der Waals surface area contributed by atoms with Gasteiger partial charge in [0.25, 0.3) is 0 Å². The lowest BCUT2D eigenvalue weighted by molar-refractivity contribution is -0.128. The largest absolute Gasteiger partial charge is 0.355 e. The van der Waals surface area contributed by atoms with Crippen LogP contribution in [0.1, 0.15) is 11.5 Å². The van der Waals surface area contributed by atoms with Crippen molar-refractivity contribution in [2.45, 2.75) is 5.92 Å². The third-order valence-electron chi connectivity index (χ3n) is 2.65. The van der Waals surface area contributed by atoms with Gasteiger partial charge in [0, 0.05) is 12.5 Å². The lowest BCUT2D eigenvalue weighted by Gasteiger charge is -2.12. The molecule has 2 atom stereocenters. The Morgan fingerprint density at radius 2 is 2.00 bits per heavy atom. The first-order valence-electron chi connectivity index (χ1n) is 4.72. The highest BCUT2D eigenvalue weighted by Crippen LogP contribution is 2.30. The molecule has 1 aromatic carbocycles. The topological polar surface area (TPSA) is 46.2 Å². The molecule has 1 aromatic rings. The van der Waals surface area contributed by atoms with Crippen LogP contribution in [0.3, 0.4) is 0 Å². The first-order valence-corrected chi connectivity index (χ1v) is 5.10. The van der Waals surface area contributed by atoms with Crippen LogP contribution in [-0.4, -0.2) is 17.7 Å². The van der Waals surface area contributed by atoms with Gasteiger partial charge in [0.2, 0.25) is 11.1 Å². The summed E-state index contributed by atoms with van der Waals surface area (Å²) in [5.74, 6) is -1.15. The number of rotatable bonds is 2. The fourth-order valence-electron chi connectivity index (χ4n) is 1.89. The second-order valence-electron chi connectivity index (χ2n) is 3.54. The van der Waals surface area contributed by atoms with Crippen LogP contribution in [0.4, 0.5) is 0 Å². The number of benzene rings is 1. The molecule has 1 aliphatic rings. The molecule has 3 nitrogen and oxygen atoms in total. The summed E-state index contributed by atoms with van der Waals surface area (Å²) >= 11 is 5.42. The SMILES string of the molecule is O=C(Cl)C1C(=O)NCC1c1ccccc1. The summed E-state index contributed by atoms with van der Waals surface area (Å²) in [4.78, 5) is 22.5.